The monoisotopic (exact) mass is 176 g/mol. The molecule has 0 aromatic heterocycles. The molecule has 0 aliphatic heterocycles. The average molecular weight is 176 g/mol. The number of aliphatic carboxylic acids is 1. The Balaban J connectivity index is 4.87. The van der Waals surface area contributed by atoms with Gasteiger partial charge in [0.05, 0.1) is 14.1 Å². The fourth-order valence-electron chi connectivity index (χ4n) is 0.994. The zero-order chi connectivity index (χ0) is 9.99. The van der Waals surface area contributed by atoms with E-state index in [1.54, 1.807) is 21.0 Å². The molecule has 0 aliphatic rings. The molecule has 0 aromatic carbocycles. The summed E-state index contributed by atoms with van der Waals surface area (Å²) in [6, 6.07) is 0. The Hall–Kier alpha value is -0.610. The number of aliphatic hydroxyl groups excluding tert-OH is 1. The van der Waals surface area contributed by atoms with E-state index in [1.165, 1.54) is 0 Å². The maximum atomic E-state index is 10.9. The number of carboxylic acids is 1. The summed E-state index contributed by atoms with van der Waals surface area (Å²) >= 11 is 0. The smallest absolute Gasteiger partial charge is 0.365 e. The lowest BCUT2D eigenvalue weighted by atomic mass is 9.95. The molecule has 0 aliphatic carbocycles. The molecule has 0 radical (unpaired) electrons. The van der Waals surface area contributed by atoms with Crippen molar-refractivity contribution in [3.63, 3.8) is 0 Å². The summed E-state index contributed by atoms with van der Waals surface area (Å²) in [4.78, 5) is 10.9. The third-order valence-corrected chi connectivity index (χ3v) is 2.84. The van der Waals surface area contributed by atoms with Crippen LogP contribution in [0.25, 0.3) is 0 Å². The molecule has 0 bridgehead atoms. The van der Waals surface area contributed by atoms with Crippen LogP contribution >= 0.6 is 0 Å². The van der Waals surface area contributed by atoms with Crippen LogP contribution in [0.4, 0.5) is 0 Å². The Kier molecular flexibility index (Phi) is 3.24. The van der Waals surface area contributed by atoms with Crippen LogP contribution in [0.3, 0.4) is 0 Å². The predicted molar refractivity (Wildman–Crippen MR) is 45.5 cm³/mol. The van der Waals surface area contributed by atoms with Gasteiger partial charge in [-0.3, -0.25) is 4.48 Å². The van der Waals surface area contributed by atoms with E-state index in [1.807, 2.05) is 6.92 Å². The minimum absolute atomic E-state index is 0.0822. The summed E-state index contributed by atoms with van der Waals surface area (Å²) < 4.78 is 0.0822. The predicted octanol–water partition coefficient (Wildman–Crippen LogP) is 0.266. The summed E-state index contributed by atoms with van der Waals surface area (Å²) in [5.41, 5.74) is -0.908. The van der Waals surface area contributed by atoms with Crippen LogP contribution < -0.4 is 0 Å². The van der Waals surface area contributed by atoms with Crippen LogP contribution in [0.15, 0.2) is 0 Å². The fraction of sp³-hybridized carbons (Fsp3) is 0.875. The highest BCUT2D eigenvalue weighted by Gasteiger charge is 2.46. The quantitative estimate of drug-likeness (QED) is 0.477. The van der Waals surface area contributed by atoms with E-state index in [9.17, 15) is 4.79 Å². The lowest BCUT2D eigenvalue weighted by Gasteiger charge is -2.41. The molecule has 0 amide bonds. The number of nitrogens with zero attached hydrogens (tertiary/aromatic N) is 1. The highest BCUT2D eigenvalue weighted by Crippen LogP contribution is 2.23. The SMILES string of the molecule is CCC(C)(C(=O)O)[N+](C)(C)CO. The van der Waals surface area contributed by atoms with Gasteiger partial charge < -0.3 is 10.2 Å². The maximum absolute atomic E-state index is 10.9. The van der Waals surface area contributed by atoms with Crippen LogP contribution in [-0.2, 0) is 4.79 Å². The minimum atomic E-state index is -0.908. The molecule has 0 fully saturated rings. The number of carbonyl (C=O) groups is 1. The topological polar surface area (TPSA) is 57.5 Å². The van der Waals surface area contributed by atoms with Crippen molar-refractivity contribution in [2.75, 3.05) is 20.8 Å². The first-order valence-electron chi connectivity index (χ1n) is 3.99. The van der Waals surface area contributed by atoms with Crippen molar-refractivity contribution in [3.05, 3.63) is 0 Å². The summed E-state index contributed by atoms with van der Waals surface area (Å²) in [5, 5.41) is 18.0. The molecule has 0 heterocycles. The molecule has 4 heteroatoms. The van der Waals surface area contributed by atoms with Gasteiger partial charge in [-0.15, -0.1) is 0 Å². The van der Waals surface area contributed by atoms with Gasteiger partial charge in [0, 0.05) is 13.3 Å². The zero-order valence-corrected chi connectivity index (χ0v) is 8.16. The molecule has 0 saturated heterocycles. The van der Waals surface area contributed by atoms with Gasteiger partial charge in [-0.2, -0.15) is 0 Å². The number of aliphatic hydroxyl groups is 1. The Morgan fingerprint density at radius 1 is 1.50 bits per heavy atom. The summed E-state index contributed by atoms with van der Waals surface area (Å²) in [5.74, 6) is -0.871. The Morgan fingerprint density at radius 2 is 1.92 bits per heavy atom. The van der Waals surface area contributed by atoms with Gasteiger partial charge in [0.25, 0.3) is 0 Å². The number of hydrogen-bond acceptors (Lipinski definition) is 2. The highest BCUT2D eigenvalue weighted by molar-refractivity contribution is 5.76. The molecule has 0 rings (SSSR count). The summed E-state index contributed by atoms with van der Waals surface area (Å²) in [6.07, 6.45) is 0.496. The van der Waals surface area contributed by atoms with Crippen LogP contribution in [-0.4, -0.2) is 47.0 Å². The number of likely N-dealkylation sites (N-methyl/N-ethyl adjacent to an activating group) is 1. The van der Waals surface area contributed by atoms with Crippen molar-refractivity contribution in [2.24, 2.45) is 0 Å². The van der Waals surface area contributed by atoms with Crippen molar-refractivity contribution < 1.29 is 19.5 Å². The molecule has 0 saturated carbocycles. The third-order valence-electron chi connectivity index (χ3n) is 2.84. The van der Waals surface area contributed by atoms with Crippen molar-refractivity contribution in [1.29, 1.82) is 0 Å². The fourth-order valence-corrected chi connectivity index (χ4v) is 0.994. The van der Waals surface area contributed by atoms with Gasteiger partial charge in [-0.1, -0.05) is 6.92 Å². The van der Waals surface area contributed by atoms with Gasteiger partial charge in [-0.05, 0) is 0 Å². The first-order chi connectivity index (χ1) is 5.31. The third kappa shape index (κ3) is 1.59. The van der Waals surface area contributed by atoms with Crippen LogP contribution in [0.2, 0.25) is 0 Å². The van der Waals surface area contributed by atoms with E-state index in [0.717, 1.165) is 0 Å². The Morgan fingerprint density at radius 3 is 2.00 bits per heavy atom. The van der Waals surface area contributed by atoms with Gasteiger partial charge >= 0.3 is 5.97 Å². The summed E-state index contributed by atoms with van der Waals surface area (Å²) in [6.45, 7) is 3.28. The van der Waals surface area contributed by atoms with Gasteiger partial charge in [0.2, 0.25) is 0 Å². The van der Waals surface area contributed by atoms with Crippen molar-refractivity contribution in [3.8, 4) is 0 Å². The summed E-state index contributed by atoms with van der Waals surface area (Å²) in [7, 11) is 3.41. The molecule has 0 spiro atoms. The maximum Gasteiger partial charge on any atom is 0.365 e. The molecule has 0 aromatic rings. The first kappa shape index (κ1) is 11.4. The van der Waals surface area contributed by atoms with E-state index >= 15 is 0 Å². The lowest BCUT2D eigenvalue weighted by molar-refractivity contribution is -0.947. The number of rotatable bonds is 4. The minimum Gasteiger partial charge on any atom is -0.477 e. The van der Waals surface area contributed by atoms with Crippen LogP contribution in [0.1, 0.15) is 20.3 Å². The molecular weight excluding hydrogens is 158 g/mol. The molecule has 4 nitrogen and oxygen atoms in total. The van der Waals surface area contributed by atoms with Gasteiger partial charge in [-0.25, -0.2) is 4.79 Å². The van der Waals surface area contributed by atoms with E-state index < -0.39 is 11.5 Å². The van der Waals surface area contributed by atoms with Crippen molar-refractivity contribution >= 4 is 5.97 Å². The number of hydrogen-bond donors (Lipinski definition) is 2. The standard InChI is InChI=1S/C8H17NO3/c1-5-8(2,7(11)12)9(3,4)6-10/h10H,5-6H2,1-4H3/p+1. The second-order valence-corrected chi connectivity index (χ2v) is 3.76. The highest BCUT2D eigenvalue weighted by atomic mass is 16.4. The lowest BCUT2D eigenvalue weighted by Crippen LogP contribution is -2.62. The first-order valence-corrected chi connectivity index (χ1v) is 3.99. The molecule has 2 N–H and O–H groups in total. The molecule has 12 heavy (non-hydrogen) atoms. The second-order valence-electron chi connectivity index (χ2n) is 3.76. The van der Waals surface area contributed by atoms with Crippen molar-refractivity contribution in [1.82, 2.24) is 0 Å². The molecule has 72 valence electrons. The van der Waals surface area contributed by atoms with Crippen LogP contribution in [0.5, 0.6) is 0 Å². The molecule has 1 unspecified atom stereocenters. The zero-order valence-electron chi connectivity index (χ0n) is 8.16. The van der Waals surface area contributed by atoms with Gasteiger partial charge in [0.15, 0.2) is 12.3 Å². The Bertz CT molecular complexity index is 179. The Labute approximate surface area is 73.0 Å². The average Bonchev–Trinajstić information content (AvgIpc) is 2.02. The van der Waals surface area contributed by atoms with Crippen molar-refractivity contribution in [2.45, 2.75) is 25.8 Å². The second kappa shape index (κ2) is 3.41. The van der Waals surface area contributed by atoms with E-state index in [4.69, 9.17) is 10.2 Å². The largest absolute Gasteiger partial charge is 0.477 e. The van der Waals surface area contributed by atoms with Crippen LogP contribution in [0, 0.1) is 0 Å². The van der Waals surface area contributed by atoms with E-state index in [0.29, 0.717) is 6.42 Å². The molecular formula is C8H18NO3+. The van der Waals surface area contributed by atoms with Gasteiger partial charge in [0.1, 0.15) is 0 Å². The number of carboxylic acid groups (broad SMARTS) is 1. The molecule has 1 atom stereocenters. The van der Waals surface area contributed by atoms with E-state index in [2.05, 4.69) is 0 Å². The number of quaternary nitrogens is 1. The normalized spacial score (nSPS) is 17.1. The van der Waals surface area contributed by atoms with E-state index in [-0.39, 0.29) is 11.2 Å².